The van der Waals surface area contributed by atoms with Crippen LogP contribution in [0.15, 0.2) is 17.9 Å². The minimum atomic E-state index is -2.44. The van der Waals surface area contributed by atoms with Crippen molar-refractivity contribution in [1.82, 2.24) is 14.5 Å². The van der Waals surface area contributed by atoms with Crippen molar-refractivity contribution in [3.63, 3.8) is 0 Å². The van der Waals surface area contributed by atoms with Crippen molar-refractivity contribution in [2.24, 2.45) is 7.05 Å². The van der Waals surface area contributed by atoms with E-state index in [9.17, 15) is 13.6 Å². The number of carboxylic acid groups (broad SMARTS) is 1. The zero-order valence-electron chi connectivity index (χ0n) is 9.05. The number of carboxylic acids is 1. The average molecular weight is 288 g/mol. The first kappa shape index (κ1) is 12.7. The first-order valence-corrected chi connectivity index (χ1v) is 6.52. The molecule has 0 saturated heterocycles. The van der Waals surface area contributed by atoms with Gasteiger partial charge in [0.05, 0.1) is 5.51 Å². The number of hydrogen-bond acceptors (Lipinski definition) is 5. The second-order valence-electron chi connectivity index (χ2n) is 3.17. The summed E-state index contributed by atoms with van der Waals surface area (Å²) in [6.45, 7) is 0. The number of rotatable bonds is 4. The molecule has 0 spiro atoms. The van der Waals surface area contributed by atoms with Gasteiger partial charge < -0.3 is 9.67 Å². The molecule has 0 aromatic carbocycles. The summed E-state index contributed by atoms with van der Waals surface area (Å²) >= 11 is -1.49. The zero-order valence-corrected chi connectivity index (χ0v) is 10.7. The van der Waals surface area contributed by atoms with Crippen LogP contribution in [0.4, 0.5) is 10.9 Å². The lowest BCUT2D eigenvalue weighted by Gasteiger charge is -2.16. The highest BCUT2D eigenvalue weighted by Crippen LogP contribution is 2.31. The summed E-state index contributed by atoms with van der Waals surface area (Å²) in [6, 6.07) is 0. The van der Waals surface area contributed by atoms with Crippen LogP contribution in [0.25, 0.3) is 0 Å². The van der Waals surface area contributed by atoms with E-state index >= 15 is 0 Å². The SMILES string of the molecule is Cn1ccnc1N(c1scnc1C(=O)O)S(=O)O. The largest absolute Gasteiger partial charge is 0.476 e. The summed E-state index contributed by atoms with van der Waals surface area (Å²) in [5.41, 5.74) is 1.01. The monoisotopic (exact) mass is 288 g/mol. The van der Waals surface area contributed by atoms with Crippen molar-refractivity contribution >= 4 is 39.5 Å². The molecule has 1 unspecified atom stereocenters. The van der Waals surface area contributed by atoms with E-state index in [0.717, 1.165) is 15.6 Å². The Labute approximate surface area is 108 Å². The number of thiazole rings is 1. The highest BCUT2D eigenvalue weighted by Gasteiger charge is 2.27. The summed E-state index contributed by atoms with van der Waals surface area (Å²) in [5.74, 6) is -1.11. The van der Waals surface area contributed by atoms with Crippen LogP contribution in [0.5, 0.6) is 0 Å². The smallest absolute Gasteiger partial charge is 0.357 e. The molecule has 96 valence electrons. The molecule has 0 fully saturated rings. The van der Waals surface area contributed by atoms with Crippen molar-refractivity contribution in [3.8, 4) is 0 Å². The van der Waals surface area contributed by atoms with Gasteiger partial charge in [-0.15, -0.1) is 11.3 Å². The Morgan fingerprint density at radius 3 is 2.78 bits per heavy atom. The predicted molar refractivity (Wildman–Crippen MR) is 65.2 cm³/mol. The van der Waals surface area contributed by atoms with E-state index in [-0.39, 0.29) is 16.6 Å². The second-order valence-corrected chi connectivity index (χ2v) is 4.83. The van der Waals surface area contributed by atoms with Gasteiger partial charge in [-0.05, 0) is 0 Å². The van der Waals surface area contributed by atoms with Crippen LogP contribution in [0.3, 0.4) is 0 Å². The maximum Gasteiger partial charge on any atom is 0.357 e. The third-order valence-electron chi connectivity index (χ3n) is 2.07. The number of imidazole rings is 1. The molecule has 18 heavy (non-hydrogen) atoms. The molecule has 0 radical (unpaired) electrons. The van der Waals surface area contributed by atoms with E-state index in [4.69, 9.17) is 5.11 Å². The lowest BCUT2D eigenvalue weighted by Crippen LogP contribution is -2.23. The van der Waals surface area contributed by atoms with Gasteiger partial charge in [0, 0.05) is 19.4 Å². The maximum atomic E-state index is 11.4. The Balaban J connectivity index is 2.56. The van der Waals surface area contributed by atoms with Crippen molar-refractivity contribution in [2.45, 2.75) is 0 Å². The van der Waals surface area contributed by atoms with Crippen molar-refractivity contribution in [2.75, 3.05) is 4.31 Å². The highest BCUT2D eigenvalue weighted by atomic mass is 32.2. The van der Waals surface area contributed by atoms with E-state index in [1.807, 2.05) is 0 Å². The van der Waals surface area contributed by atoms with E-state index in [2.05, 4.69) is 9.97 Å². The summed E-state index contributed by atoms with van der Waals surface area (Å²) in [4.78, 5) is 18.5. The third kappa shape index (κ3) is 2.12. The fourth-order valence-electron chi connectivity index (χ4n) is 1.32. The van der Waals surface area contributed by atoms with Gasteiger partial charge in [-0.3, -0.25) is 4.55 Å². The standard InChI is InChI=1S/C8H8N4O4S2/c1-11-3-2-9-8(11)12(18(15)16)6-5(7(13)14)10-4-17-6/h2-4H,1H3,(H,13,14)(H,15,16). The molecule has 2 aromatic heterocycles. The predicted octanol–water partition coefficient (Wildman–Crippen LogP) is 0.850. The topological polar surface area (TPSA) is 109 Å². The molecule has 0 amide bonds. The van der Waals surface area contributed by atoms with Gasteiger partial charge in [0.25, 0.3) is 11.3 Å². The Morgan fingerprint density at radius 1 is 1.56 bits per heavy atom. The van der Waals surface area contributed by atoms with Crippen LogP contribution in [0.2, 0.25) is 0 Å². The van der Waals surface area contributed by atoms with Crippen LogP contribution < -0.4 is 4.31 Å². The van der Waals surface area contributed by atoms with Gasteiger partial charge in [0.2, 0.25) is 5.95 Å². The summed E-state index contributed by atoms with van der Waals surface area (Å²) in [7, 11) is 1.63. The number of carbonyl (C=O) groups is 1. The van der Waals surface area contributed by atoms with Gasteiger partial charge in [-0.1, -0.05) is 0 Å². The third-order valence-corrected chi connectivity index (χ3v) is 3.65. The fraction of sp³-hybridized carbons (Fsp3) is 0.125. The van der Waals surface area contributed by atoms with E-state index in [0.29, 0.717) is 0 Å². The van der Waals surface area contributed by atoms with Crippen molar-refractivity contribution < 1.29 is 18.7 Å². The summed E-state index contributed by atoms with van der Waals surface area (Å²) in [6.07, 6.45) is 3.02. The molecule has 8 nitrogen and oxygen atoms in total. The second kappa shape index (κ2) is 4.84. The van der Waals surface area contributed by atoms with E-state index < -0.39 is 17.2 Å². The van der Waals surface area contributed by atoms with Gasteiger partial charge >= 0.3 is 5.97 Å². The molecule has 0 aliphatic rings. The zero-order chi connectivity index (χ0) is 13.3. The van der Waals surface area contributed by atoms with Crippen LogP contribution in [-0.2, 0) is 18.3 Å². The maximum absolute atomic E-state index is 11.4. The van der Waals surface area contributed by atoms with Gasteiger partial charge in [-0.25, -0.2) is 19.0 Å². The molecule has 0 saturated carbocycles. The first-order chi connectivity index (χ1) is 8.52. The first-order valence-electron chi connectivity index (χ1n) is 4.57. The van der Waals surface area contributed by atoms with E-state index in [1.165, 1.54) is 16.3 Å². The fourth-order valence-corrected chi connectivity index (χ4v) is 2.87. The molecule has 2 N–H and O–H groups in total. The summed E-state index contributed by atoms with van der Waals surface area (Å²) in [5, 5.41) is 9.02. The summed E-state index contributed by atoms with van der Waals surface area (Å²) < 4.78 is 23.1. The Hall–Kier alpha value is -1.78. The quantitative estimate of drug-likeness (QED) is 0.807. The number of nitrogens with zero attached hydrogens (tertiary/aromatic N) is 4. The minimum absolute atomic E-state index is 0.0534. The van der Waals surface area contributed by atoms with Crippen molar-refractivity contribution in [3.05, 3.63) is 23.6 Å². The van der Waals surface area contributed by atoms with Crippen molar-refractivity contribution in [1.29, 1.82) is 0 Å². The van der Waals surface area contributed by atoms with Gasteiger partial charge in [0.1, 0.15) is 5.00 Å². The Bertz CT molecular complexity index is 608. The van der Waals surface area contributed by atoms with Crippen LogP contribution in [0.1, 0.15) is 10.5 Å². The van der Waals surface area contributed by atoms with Gasteiger partial charge in [-0.2, -0.15) is 4.31 Å². The van der Waals surface area contributed by atoms with Crippen LogP contribution >= 0.6 is 11.3 Å². The molecule has 0 aliphatic heterocycles. The normalized spacial score (nSPS) is 12.3. The lowest BCUT2D eigenvalue weighted by atomic mass is 10.4. The number of hydrogen-bond donors (Lipinski definition) is 2. The van der Waals surface area contributed by atoms with Gasteiger partial charge in [0.15, 0.2) is 5.69 Å². The van der Waals surface area contributed by atoms with E-state index in [1.54, 1.807) is 13.2 Å². The number of aryl methyl sites for hydroxylation is 1. The molecule has 0 bridgehead atoms. The molecule has 2 rings (SSSR count). The average Bonchev–Trinajstić information content (AvgIpc) is 2.89. The molecule has 0 aliphatic carbocycles. The molecule has 2 aromatic rings. The van der Waals surface area contributed by atoms with Crippen LogP contribution in [0, 0.1) is 0 Å². The minimum Gasteiger partial charge on any atom is -0.476 e. The molecular formula is C8H8N4O4S2. The number of anilines is 2. The van der Waals surface area contributed by atoms with Crippen LogP contribution in [-0.4, -0.2) is 34.4 Å². The molecular weight excluding hydrogens is 280 g/mol. The number of aromatic nitrogens is 3. The highest BCUT2D eigenvalue weighted by molar-refractivity contribution is 7.81. The Morgan fingerprint density at radius 2 is 2.28 bits per heavy atom. The molecule has 10 heteroatoms. The lowest BCUT2D eigenvalue weighted by molar-refractivity contribution is 0.0692. The Kier molecular flexibility index (Phi) is 3.41. The number of aromatic carboxylic acids is 1. The molecule has 1 atom stereocenters. The molecule has 2 heterocycles.